The van der Waals surface area contributed by atoms with E-state index in [0.717, 1.165) is 62.4 Å². The van der Waals surface area contributed by atoms with Gasteiger partial charge >= 0.3 is 0 Å². The van der Waals surface area contributed by atoms with Crippen LogP contribution >= 0.6 is 23.4 Å². The molecule has 0 radical (unpaired) electrons. The summed E-state index contributed by atoms with van der Waals surface area (Å²) >= 11 is 8.06. The average molecular weight is 370 g/mol. The summed E-state index contributed by atoms with van der Waals surface area (Å²) in [6.07, 6.45) is 4.06. The van der Waals surface area contributed by atoms with Crippen LogP contribution in [-0.4, -0.2) is 50.8 Å². The van der Waals surface area contributed by atoms with Gasteiger partial charge in [-0.3, -0.25) is 4.99 Å². The first-order valence-corrected chi connectivity index (χ1v) is 10.3. The van der Waals surface area contributed by atoms with Crippen LogP contribution in [0.15, 0.2) is 29.3 Å². The molecule has 1 aliphatic heterocycles. The van der Waals surface area contributed by atoms with Gasteiger partial charge in [-0.1, -0.05) is 23.7 Å². The molecular formula is C18H28ClN3OS. The lowest BCUT2D eigenvalue weighted by Crippen LogP contribution is -2.41. The Hall–Kier alpha value is -0.910. The van der Waals surface area contributed by atoms with Crippen molar-refractivity contribution in [1.82, 2.24) is 10.6 Å². The van der Waals surface area contributed by atoms with Gasteiger partial charge in [-0.25, -0.2) is 0 Å². The van der Waals surface area contributed by atoms with E-state index in [1.807, 2.05) is 23.9 Å². The van der Waals surface area contributed by atoms with Gasteiger partial charge in [-0.2, -0.15) is 11.8 Å². The predicted molar refractivity (Wildman–Crippen MR) is 106 cm³/mol. The van der Waals surface area contributed by atoms with Crippen molar-refractivity contribution in [2.45, 2.75) is 25.2 Å². The minimum atomic E-state index is 0.00497. The highest BCUT2D eigenvalue weighted by Crippen LogP contribution is 2.36. The molecular weight excluding hydrogens is 342 g/mol. The van der Waals surface area contributed by atoms with E-state index in [-0.39, 0.29) is 5.41 Å². The van der Waals surface area contributed by atoms with E-state index in [2.05, 4.69) is 35.9 Å². The maximum absolute atomic E-state index is 6.23. The molecule has 6 heteroatoms. The second-order valence-electron chi connectivity index (χ2n) is 6.02. The summed E-state index contributed by atoms with van der Waals surface area (Å²) in [6.45, 7) is 6.16. The molecule has 0 atom stereocenters. The van der Waals surface area contributed by atoms with Gasteiger partial charge in [0.25, 0.3) is 0 Å². The van der Waals surface area contributed by atoms with Crippen molar-refractivity contribution in [3.8, 4) is 0 Å². The monoisotopic (exact) mass is 369 g/mol. The van der Waals surface area contributed by atoms with Gasteiger partial charge in [0.05, 0.1) is 6.54 Å². The van der Waals surface area contributed by atoms with Crippen molar-refractivity contribution in [1.29, 1.82) is 0 Å². The molecule has 1 heterocycles. The number of nitrogens with zero attached hydrogens (tertiary/aromatic N) is 1. The topological polar surface area (TPSA) is 45.7 Å². The zero-order valence-corrected chi connectivity index (χ0v) is 16.2. The number of halogens is 1. The molecule has 1 aromatic carbocycles. The van der Waals surface area contributed by atoms with Crippen molar-refractivity contribution in [2.75, 3.05) is 44.9 Å². The van der Waals surface area contributed by atoms with Crippen molar-refractivity contribution < 1.29 is 4.74 Å². The van der Waals surface area contributed by atoms with Crippen molar-refractivity contribution >= 4 is 29.3 Å². The number of nitrogens with one attached hydrogen (secondary N) is 2. The van der Waals surface area contributed by atoms with Gasteiger partial charge in [0.15, 0.2) is 5.96 Å². The molecule has 0 amide bonds. The van der Waals surface area contributed by atoms with E-state index in [9.17, 15) is 0 Å². The van der Waals surface area contributed by atoms with Gasteiger partial charge in [0, 0.05) is 42.5 Å². The van der Waals surface area contributed by atoms with Gasteiger partial charge in [-0.15, -0.1) is 0 Å². The zero-order chi connectivity index (χ0) is 17.3. The number of hydrogen-bond acceptors (Lipinski definition) is 3. The average Bonchev–Trinajstić information content (AvgIpc) is 2.61. The summed E-state index contributed by atoms with van der Waals surface area (Å²) in [6, 6.07) is 8.20. The van der Waals surface area contributed by atoms with Crippen LogP contribution in [0.25, 0.3) is 0 Å². The van der Waals surface area contributed by atoms with Crippen LogP contribution in [0.1, 0.15) is 25.3 Å². The lowest BCUT2D eigenvalue weighted by Gasteiger charge is -2.36. The normalized spacial score (nSPS) is 17.5. The molecule has 1 aromatic rings. The Labute approximate surface area is 154 Å². The number of aliphatic imine (C=N–C) groups is 1. The highest BCUT2D eigenvalue weighted by Gasteiger charge is 2.34. The highest BCUT2D eigenvalue weighted by molar-refractivity contribution is 7.98. The molecule has 2 N–H and O–H groups in total. The van der Waals surface area contributed by atoms with Crippen LogP contribution in [0.3, 0.4) is 0 Å². The third-order valence-electron chi connectivity index (χ3n) is 4.37. The summed E-state index contributed by atoms with van der Waals surface area (Å²) in [5, 5.41) is 7.52. The highest BCUT2D eigenvalue weighted by atomic mass is 35.5. The van der Waals surface area contributed by atoms with E-state index >= 15 is 0 Å². The summed E-state index contributed by atoms with van der Waals surface area (Å²) in [5.74, 6) is 1.96. The molecule has 0 saturated carbocycles. The van der Waals surface area contributed by atoms with Gasteiger partial charge < -0.3 is 15.4 Å². The zero-order valence-electron chi connectivity index (χ0n) is 14.6. The second kappa shape index (κ2) is 10.2. The van der Waals surface area contributed by atoms with Crippen LogP contribution in [0.2, 0.25) is 5.02 Å². The third-order valence-corrected chi connectivity index (χ3v) is 5.22. The minimum absolute atomic E-state index is 0.00497. The van der Waals surface area contributed by atoms with E-state index in [1.165, 1.54) is 5.56 Å². The Morgan fingerprint density at radius 1 is 1.33 bits per heavy atom. The maximum Gasteiger partial charge on any atom is 0.191 e. The fourth-order valence-electron chi connectivity index (χ4n) is 2.96. The summed E-state index contributed by atoms with van der Waals surface area (Å²) < 4.78 is 5.59. The molecule has 2 rings (SSSR count). The van der Waals surface area contributed by atoms with Gasteiger partial charge in [-0.05, 0) is 43.7 Å². The van der Waals surface area contributed by atoms with Crippen molar-refractivity contribution in [2.24, 2.45) is 4.99 Å². The van der Waals surface area contributed by atoms with Crippen LogP contribution in [-0.2, 0) is 10.2 Å². The maximum atomic E-state index is 6.23. The number of rotatable bonds is 7. The molecule has 0 spiro atoms. The number of guanidine groups is 1. The molecule has 134 valence electrons. The van der Waals surface area contributed by atoms with Crippen LogP contribution < -0.4 is 10.6 Å². The first-order valence-electron chi connectivity index (χ1n) is 8.55. The van der Waals surface area contributed by atoms with E-state index in [0.29, 0.717) is 0 Å². The molecule has 0 unspecified atom stereocenters. The molecule has 4 nitrogen and oxygen atoms in total. The number of thioether (sulfide) groups is 1. The standard InChI is InChI=1S/C18H28ClN3OS/c1-3-20-17(21-9-12-24-2)22-14-18(7-10-23-11-8-18)15-5-4-6-16(19)13-15/h4-6,13H,3,7-12,14H2,1-2H3,(H2,20,21,22). The van der Waals surface area contributed by atoms with Crippen molar-refractivity contribution in [3.63, 3.8) is 0 Å². The molecule has 1 aliphatic rings. The molecule has 0 bridgehead atoms. The Bertz CT molecular complexity index is 533. The minimum Gasteiger partial charge on any atom is -0.381 e. The quantitative estimate of drug-likeness (QED) is 0.439. The third kappa shape index (κ3) is 5.57. The SMILES string of the molecule is CCNC(=NCC1(c2cccc(Cl)c2)CCOCC1)NCCSC. The smallest absolute Gasteiger partial charge is 0.191 e. The first-order chi connectivity index (χ1) is 11.7. The molecule has 0 aromatic heterocycles. The van der Waals surface area contributed by atoms with Crippen molar-refractivity contribution in [3.05, 3.63) is 34.9 Å². The fourth-order valence-corrected chi connectivity index (χ4v) is 3.46. The summed E-state index contributed by atoms with van der Waals surface area (Å²) in [4.78, 5) is 4.87. The molecule has 1 fully saturated rings. The van der Waals surface area contributed by atoms with E-state index in [4.69, 9.17) is 21.3 Å². The number of hydrogen-bond donors (Lipinski definition) is 2. The predicted octanol–water partition coefficient (Wildman–Crippen LogP) is 3.31. The van der Waals surface area contributed by atoms with Crippen LogP contribution in [0, 0.1) is 0 Å². The first kappa shape index (κ1) is 19.4. The fraction of sp³-hybridized carbons (Fsp3) is 0.611. The van der Waals surface area contributed by atoms with Crippen LogP contribution in [0.5, 0.6) is 0 Å². The molecule has 1 saturated heterocycles. The summed E-state index contributed by atoms with van der Waals surface area (Å²) in [5.41, 5.74) is 1.27. The number of ether oxygens (including phenoxy) is 1. The Morgan fingerprint density at radius 2 is 2.12 bits per heavy atom. The Kier molecular flexibility index (Phi) is 8.22. The van der Waals surface area contributed by atoms with E-state index < -0.39 is 0 Å². The Balaban J connectivity index is 2.16. The summed E-state index contributed by atoms with van der Waals surface area (Å²) in [7, 11) is 0. The molecule has 24 heavy (non-hydrogen) atoms. The van der Waals surface area contributed by atoms with E-state index in [1.54, 1.807) is 0 Å². The van der Waals surface area contributed by atoms with Gasteiger partial charge in [0.1, 0.15) is 0 Å². The largest absolute Gasteiger partial charge is 0.381 e. The molecule has 0 aliphatic carbocycles. The Morgan fingerprint density at radius 3 is 2.79 bits per heavy atom. The lowest BCUT2D eigenvalue weighted by atomic mass is 9.74. The number of benzene rings is 1. The lowest BCUT2D eigenvalue weighted by molar-refractivity contribution is 0.0531. The van der Waals surface area contributed by atoms with Gasteiger partial charge in [0.2, 0.25) is 0 Å². The second-order valence-corrected chi connectivity index (χ2v) is 7.44. The van der Waals surface area contributed by atoms with Crippen LogP contribution in [0.4, 0.5) is 0 Å².